The maximum Gasteiger partial charge on any atom is 0.0765 e. The minimum Gasteiger partial charge on any atom is -0.312 e. The maximum atomic E-state index is 4.41. The molecule has 4 nitrogen and oxygen atoms in total. The van der Waals surface area contributed by atoms with Gasteiger partial charge in [0, 0.05) is 24.8 Å². The van der Waals surface area contributed by atoms with Crippen LogP contribution in [0.4, 0.5) is 0 Å². The van der Waals surface area contributed by atoms with Crippen LogP contribution in [0.2, 0.25) is 0 Å². The average Bonchev–Trinajstić information content (AvgIpc) is 2.50. The summed E-state index contributed by atoms with van der Waals surface area (Å²) in [5.74, 6) is 0. The molecular formula is C13H26N4. The summed E-state index contributed by atoms with van der Waals surface area (Å²) in [4.78, 5) is 0. The lowest BCUT2D eigenvalue weighted by Crippen LogP contribution is -2.37. The highest BCUT2D eigenvalue weighted by atomic mass is 15.3. The monoisotopic (exact) mass is 238 g/mol. The molecule has 98 valence electrons. The molecule has 0 radical (unpaired) electrons. The van der Waals surface area contributed by atoms with Crippen LogP contribution < -0.4 is 10.6 Å². The van der Waals surface area contributed by atoms with Crippen LogP contribution in [0.1, 0.15) is 38.6 Å². The quantitative estimate of drug-likeness (QED) is 0.740. The molecule has 0 aliphatic heterocycles. The average molecular weight is 238 g/mol. The SMILES string of the molecule is Cc1cc(CNCCCNC(C)(C)C)nn1C. The maximum absolute atomic E-state index is 4.41. The first-order valence-corrected chi connectivity index (χ1v) is 6.34. The molecule has 0 amide bonds. The van der Waals surface area contributed by atoms with Gasteiger partial charge in [0.2, 0.25) is 0 Å². The molecule has 0 saturated carbocycles. The number of nitrogens with zero attached hydrogens (tertiary/aromatic N) is 2. The minimum absolute atomic E-state index is 0.220. The summed E-state index contributed by atoms with van der Waals surface area (Å²) in [5, 5.41) is 11.3. The van der Waals surface area contributed by atoms with Crippen molar-refractivity contribution in [1.82, 2.24) is 20.4 Å². The zero-order chi connectivity index (χ0) is 12.9. The number of nitrogens with one attached hydrogen (secondary N) is 2. The predicted molar refractivity (Wildman–Crippen MR) is 72.0 cm³/mol. The number of hydrogen-bond acceptors (Lipinski definition) is 3. The van der Waals surface area contributed by atoms with Crippen LogP contribution in [0, 0.1) is 6.92 Å². The van der Waals surface area contributed by atoms with Crippen molar-refractivity contribution in [2.24, 2.45) is 7.05 Å². The van der Waals surface area contributed by atoms with Crippen LogP contribution in [-0.4, -0.2) is 28.4 Å². The second-order valence-electron chi connectivity index (χ2n) is 5.61. The first-order chi connectivity index (χ1) is 7.88. The molecule has 17 heavy (non-hydrogen) atoms. The Morgan fingerprint density at radius 3 is 2.53 bits per heavy atom. The Labute approximate surface area is 105 Å². The highest BCUT2D eigenvalue weighted by molar-refractivity contribution is 5.07. The fraction of sp³-hybridized carbons (Fsp3) is 0.769. The van der Waals surface area contributed by atoms with E-state index in [2.05, 4.69) is 49.5 Å². The van der Waals surface area contributed by atoms with Gasteiger partial charge in [0.15, 0.2) is 0 Å². The molecule has 1 rings (SSSR count). The lowest BCUT2D eigenvalue weighted by molar-refractivity contribution is 0.418. The fourth-order valence-corrected chi connectivity index (χ4v) is 1.61. The van der Waals surface area contributed by atoms with Crippen molar-refractivity contribution < 1.29 is 0 Å². The van der Waals surface area contributed by atoms with E-state index in [1.165, 1.54) is 5.69 Å². The van der Waals surface area contributed by atoms with E-state index in [0.29, 0.717) is 0 Å². The third kappa shape index (κ3) is 5.84. The molecule has 0 aliphatic rings. The summed E-state index contributed by atoms with van der Waals surface area (Å²) in [6.45, 7) is 11.6. The van der Waals surface area contributed by atoms with Gasteiger partial charge in [-0.25, -0.2) is 0 Å². The minimum atomic E-state index is 0.220. The highest BCUT2D eigenvalue weighted by Crippen LogP contribution is 2.00. The van der Waals surface area contributed by atoms with E-state index in [1.807, 2.05) is 11.7 Å². The lowest BCUT2D eigenvalue weighted by Gasteiger charge is -2.20. The van der Waals surface area contributed by atoms with E-state index < -0.39 is 0 Å². The molecule has 0 spiro atoms. The summed E-state index contributed by atoms with van der Waals surface area (Å²) in [6, 6.07) is 2.13. The lowest BCUT2D eigenvalue weighted by atomic mass is 10.1. The second kappa shape index (κ2) is 6.17. The van der Waals surface area contributed by atoms with Crippen LogP contribution in [0.5, 0.6) is 0 Å². The van der Waals surface area contributed by atoms with Crippen LogP contribution in [-0.2, 0) is 13.6 Å². The van der Waals surface area contributed by atoms with Crippen LogP contribution in [0.3, 0.4) is 0 Å². The van der Waals surface area contributed by atoms with Gasteiger partial charge in [0.05, 0.1) is 5.69 Å². The van der Waals surface area contributed by atoms with Crippen molar-refractivity contribution >= 4 is 0 Å². The first kappa shape index (κ1) is 14.2. The Morgan fingerprint density at radius 2 is 2.00 bits per heavy atom. The Bertz CT molecular complexity index is 316. The zero-order valence-corrected chi connectivity index (χ0v) is 11.8. The third-order valence-electron chi connectivity index (χ3n) is 2.66. The molecule has 2 N–H and O–H groups in total. The number of hydrogen-bond donors (Lipinski definition) is 2. The van der Waals surface area contributed by atoms with Gasteiger partial charge >= 0.3 is 0 Å². The van der Waals surface area contributed by atoms with E-state index in [0.717, 1.165) is 31.7 Å². The smallest absolute Gasteiger partial charge is 0.0765 e. The summed E-state index contributed by atoms with van der Waals surface area (Å²) < 4.78 is 1.91. The van der Waals surface area contributed by atoms with Gasteiger partial charge in [-0.15, -0.1) is 0 Å². The van der Waals surface area contributed by atoms with Gasteiger partial charge < -0.3 is 10.6 Å². The molecule has 1 aromatic rings. The summed E-state index contributed by atoms with van der Waals surface area (Å²) >= 11 is 0. The Morgan fingerprint density at radius 1 is 1.29 bits per heavy atom. The number of aryl methyl sites for hydroxylation is 2. The molecule has 1 aromatic heterocycles. The van der Waals surface area contributed by atoms with Crippen LogP contribution in [0.25, 0.3) is 0 Å². The molecule has 0 bridgehead atoms. The predicted octanol–water partition coefficient (Wildman–Crippen LogP) is 1.60. The molecule has 0 fully saturated rings. The molecule has 1 heterocycles. The molecule has 0 aromatic carbocycles. The van der Waals surface area contributed by atoms with Crippen molar-refractivity contribution in [2.75, 3.05) is 13.1 Å². The van der Waals surface area contributed by atoms with Gasteiger partial charge in [-0.2, -0.15) is 5.10 Å². The highest BCUT2D eigenvalue weighted by Gasteiger charge is 2.06. The zero-order valence-electron chi connectivity index (χ0n) is 11.8. The van der Waals surface area contributed by atoms with Gasteiger partial charge in [-0.1, -0.05) is 0 Å². The summed E-state index contributed by atoms with van der Waals surface area (Å²) in [6.07, 6.45) is 1.14. The normalized spacial score (nSPS) is 12.1. The van der Waals surface area contributed by atoms with Crippen molar-refractivity contribution in [2.45, 2.75) is 46.2 Å². The van der Waals surface area contributed by atoms with Gasteiger partial charge in [-0.05, 0) is 53.3 Å². The van der Waals surface area contributed by atoms with Crippen LogP contribution >= 0.6 is 0 Å². The first-order valence-electron chi connectivity index (χ1n) is 6.34. The molecular weight excluding hydrogens is 212 g/mol. The van der Waals surface area contributed by atoms with Crippen molar-refractivity contribution in [3.05, 3.63) is 17.5 Å². The van der Waals surface area contributed by atoms with E-state index in [1.54, 1.807) is 0 Å². The van der Waals surface area contributed by atoms with Gasteiger partial charge in [-0.3, -0.25) is 4.68 Å². The molecule has 0 unspecified atom stereocenters. The molecule has 0 saturated heterocycles. The second-order valence-corrected chi connectivity index (χ2v) is 5.61. The molecule has 0 atom stereocenters. The molecule has 4 heteroatoms. The van der Waals surface area contributed by atoms with E-state index >= 15 is 0 Å². The Kier molecular flexibility index (Phi) is 5.15. The standard InChI is InChI=1S/C13H26N4/c1-11-9-12(16-17(11)5)10-14-7-6-8-15-13(2,3)4/h9,14-15H,6-8,10H2,1-5H3. The van der Waals surface area contributed by atoms with Crippen molar-refractivity contribution in [1.29, 1.82) is 0 Å². The Balaban J connectivity index is 2.09. The fourth-order valence-electron chi connectivity index (χ4n) is 1.61. The number of aromatic nitrogens is 2. The topological polar surface area (TPSA) is 41.9 Å². The van der Waals surface area contributed by atoms with Crippen LogP contribution in [0.15, 0.2) is 6.07 Å². The third-order valence-corrected chi connectivity index (χ3v) is 2.66. The Hall–Kier alpha value is -0.870. The van der Waals surface area contributed by atoms with Gasteiger partial charge in [0.25, 0.3) is 0 Å². The van der Waals surface area contributed by atoms with E-state index in [-0.39, 0.29) is 5.54 Å². The summed E-state index contributed by atoms with van der Waals surface area (Å²) in [7, 11) is 1.98. The van der Waals surface area contributed by atoms with Crippen molar-refractivity contribution in [3.8, 4) is 0 Å². The number of rotatable bonds is 6. The van der Waals surface area contributed by atoms with Crippen molar-refractivity contribution in [3.63, 3.8) is 0 Å². The molecule has 0 aliphatic carbocycles. The largest absolute Gasteiger partial charge is 0.312 e. The van der Waals surface area contributed by atoms with E-state index in [9.17, 15) is 0 Å². The summed E-state index contributed by atoms with van der Waals surface area (Å²) in [5.41, 5.74) is 2.54. The van der Waals surface area contributed by atoms with Gasteiger partial charge in [0.1, 0.15) is 0 Å². The van der Waals surface area contributed by atoms with E-state index in [4.69, 9.17) is 0 Å².